The first-order valence-corrected chi connectivity index (χ1v) is 5.83. The second-order valence-corrected chi connectivity index (χ2v) is 4.69. The Kier molecular flexibility index (Phi) is 3.55. The van der Waals surface area contributed by atoms with Gasteiger partial charge in [-0.2, -0.15) is 13.2 Å². The zero-order chi connectivity index (χ0) is 14.1. The molecule has 0 saturated heterocycles. The average molecular weight is 276 g/mol. The van der Waals surface area contributed by atoms with Gasteiger partial charge >= 0.3 is 6.18 Å². The van der Waals surface area contributed by atoms with Crippen molar-refractivity contribution >= 4 is 11.6 Å². The van der Waals surface area contributed by atoms with Crippen LogP contribution in [0.2, 0.25) is 0 Å². The zero-order valence-electron chi connectivity index (χ0n) is 10.1. The normalized spacial score (nSPS) is 17.7. The highest BCUT2D eigenvalue weighted by atomic mass is 19.4. The molecule has 1 aliphatic carbocycles. The lowest BCUT2D eigenvalue weighted by molar-refractivity contribution is -0.137. The maximum absolute atomic E-state index is 12.7. The van der Waals surface area contributed by atoms with Crippen molar-refractivity contribution in [3.8, 4) is 0 Å². The topological polar surface area (TPSA) is 83.2 Å². The molecule has 1 saturated carbocycles. The fourth-order valence-electron chi connectivity index (χ4n) is 2.03. The second-order valence-electron chi connectivity index (χ2n) is 4.69. The third-order valence-corrected chi connectivity index (χ3v) is 3.31. The van der Waals surface area contributed by atoms with E-state index < -0.39 is 17.3 Å². The summed E-state index contributed by atoms with van der Waals surface area (Å²) in [6.07, 6.45) is -2.15. The summed E-state index contributed by atoms with van der Waals surface area (Å²) in [4.78, 5) is 3.92. The molecule has 5 N–H and O–H groups in total. The minimum Gasteiger partial charge on any atom is -0.394 e. The third kappa shape index (κ3) is 2.90. The number of aliphatic hydroxyl groups is 1. The Morgan fingerprint density at radius 3 is 2.37 bits per heavy atom. The minimum atomic E-state index is -4.48. The Morgan fingerprint density at radius 2 is 1.95 bits per heavy atom. The van der Waals surface area contributed by atoms with Crippen LogP contribution in [-0.4, -0.2) is 22.2 Å². The van der Waals surface area contributed by atoms with Crippen LogP contribution in [0.4, 0.5) is 24.8 Å². The standard InChI is InChI=1S/C11H15F3N4O/c12-11(13,14)7-4-8(16-9(5-7)18-15)17-10(6-19)2-1-3-10/h4-5,19H,1-3,6,15H2,(H2,16,17,18). The lowest BCUT2D eigenvalue weighted by Crippen LogP contribution is -2.48. The molecule has 0 bridgehead atoms. The summed E-state index contributed by atoms with van der Waals surface area (Å²) >= 11 is 0. The fraction of sp³-hybridized carbons (Fsp3) is 0.545. The van der Waals surface area contributed by atoms with Gasteiger partial charge in [-0.05, 0) is 31.4 Å². The Balaban J connectivity index is 2.29. The van der Waals surface area contributed by atoms with Gasteiger partial charge in [0.25, 0.3) is 0 Å². The van der Waals surface area contributed by atoms with Gasteiger partial charge in [0.05, 0.1) is 17.7 Å². The Morgan fingerprint density at radius 1 is 1.32 bits per heavy atom. The van der Waals surface area contributed by atoms with E-state index in [1.165, 1.54) is 0 Å². The van der Waals surface area contributed by atoms with Crippen molar-refractivity contribution in [2.75, 3.05) is 17.3 Å². The van der Waals surface area contributed by atoms with E-state index in [4.69, 9.17) is 5.84 Å². The first kappa shape index (κ1) is 13.9. The molecule has 8 heteroatoms. The molecule has 1 heterocycles. The minimum absolute atomic E-state index is 0.0523. The smallest absolute Gasteiger partial charge is 0.394 e. The SMILES string of the molecule is NNc1cc(C(F)(F)F)cc(NC2(CO)CCC2)n1. The number of hydrogen-bond donors (Lipinski definition) is 4. The van der Waals surface area contributed by atoms with Crippen molar-refractivity contribution in [2.24, 2.45) is 5.84 Å². The molecule has 1 aliphatic rings. The van der Waals surface area contributed by atoms with E-state index in [-0.39, 0.29) is 18.2 Å². The van der Waals surface area contributed by atoms with Gasteiger partial charge in [-0.1, -0.05) is 0 Å². The molecular weight excluding hydrogens is 261 g/mol. The number of nitrogens with one attached hydrogen (secondary N) is 2. The highest BCUT2D eigenvalue weighted by Gasteiger charge is 2.37. The number of aromatic nitrogens is 1. The van der Waals surface area contributed by atoms with Crippen LogP contribution >= 0.6 is 0 Å². The number of anilines is 2. The summed E-state index contributed by atoms with van der Waals surface area (Å²) < 4.78 is 38.2. The fourth-order valence-corrected chi connectivity index (χ4v) is 2.03. The molecule has 1 aromatic rings. The highest BCUT2D eigenvalue weighted by Crippen LogP contribution is 2.37. The lowest BCUT2D eigenvalue weighted by atomic mass is 9.77. The summed E-state index contributed by atoms with van der Waals surface area (Å²) in [6, 6.07) is 1.74. The van der Waals surface area contributed by atoms with Crippen molar-refractivity contribution in [1.82, 2.24) is 4.98 Å². The van der Waals surface area contributed by atoms with Gasteiger partial charge in [0.1, 0.15) is 11.6 Å². The molecule has 106 valence electrons. The van der Waals surface area contributed by atoms with Crippen LogP contribution in [0.1, 0.15) is 24.8 Å². The van der Waals surface area contributed by atoms with Crippen LogP contribution in [-0.2, 0) is 6.18 Å². The number of pyridine rings is 1. The third-order valence-electron chi connectivity index (χ3n) is 3.31. The van der Waals surface area contributed by atoms with Gasteiger partial charge in [-0.15, -0.1) is 0 Å². The molecule has 1 fully saturated rings. The summed E-state index contributed by atoms with van der Waals surface area (Å²) in [7, 11) is 0. The van der Waals surface area contributed by atoms with Gasteiger partial charge in [-0.3, -0.25) is 0 Å². The summed E-state index contributed by atoms with van der Waals surface area (Å²) in [5, 5.41) is 12.2. The molecule has 0 unspecified atom stereocenters. The maximum Gasteiger partial charge on any atom is 0.416 e. The predicted molar refractivity (Wildman–Crippen MR) is 64.3 cm³/mol. The van der Waals surface area contributed by atoms with E-state index in [2.05, 4.69) is 15.7 Å². The van der Waals surface area contributed by atoms with Crippen LogP contribution < -0.4 is 16.6 Å². The number of nitrogens with two attached hydrogens (primary N) is 1. The van der Waals surface area contributed by atoms with Crippen molar-refractivity contribution < 1.29 is 18.3 Å². The van der Waals surface area contributed by atoms with Crippen LogP contribution in [0.15, 0.2) is 12.1 Å². The molecule has 0 radical (unpaired) electrons. The van der Waals surface area contributed by atoms with E-state index in [1.54, 1.807) is 0 Å². The van der Waals surface area contributed by atoms with Crippen LogP contribution in [0, 0.1) is 0 Å². The van der Waals surface area contributed by atoms with E-state index in [1.807, 2.05) is 0 Å². The van der Waals surface area contributed by atoms with E-state index >= 15 is 0 Å². The van der Waals surface area contributed by atoms with Crippen LogP contribution in [0.5, 0.6) is 0 Å². The predicted octanol–water partition coefficient (Wildman–Crippen LogP) is 1.71. The molecule has 0 amide bonds. The molecule has 19 heavy (non-hydrogen) atoms. The Labute approximate surface area is 108 Å². The number of hydrogen-bond acceptors (Lipinski definition) is 5. The number of alkyl halides is 3. The average Bonchev–Trinajstić information content (AvgIpc) is 2.32. The molecule has 2 rings (SSSR count). The number of nitrogen functional groups attached to an aromatic ring is 1. The van der Waals surface area contributed by atoms with Gasteiger partial charge in [-0.25, -0.2) is 10.8 Å². The number of halogens is 3. The Hall–Kier alpha value is -1.54. The number of hydrazine groups is 1. The largest absolute Gasteiger partial charge is 0.416 e. The molecular formula is C11H15F3N4O. The van der Waals surface area contributed by atoms with Crippen molar-refractivity contribution in [2.45, 2.75) is 31.0 Å². The van der Waals surface area contributed by atoms with Crippen LogP contribution in [0.25, 0.3) is 0 Å². The summed E-state index contributed by atoms with van der Waals surface area (Å²) in [6.45, 7) is -0.143. The lowest BCUT2D eigenvalue weighted by Gasteiger charge is -2.41. The van der Waals surface area contributed by atoms with E-state index in [9.17, 15) is 18.3 Å². The Bertz CT molecular complexity index is 454. The van der Waals surface area contributed by atoms with Gasteiger partial charge in [0, 0.05) is 0 Å². The number of rotatable bonds is 4. The van der Waals surface area contributed by atoms with Crippen LogP contribution in [0.3, 0.4) is 0 Å². The molecule has 5 nitrogen and oxygen atoms in total. The summed E-state index contributed by atoms with van der Waals surface area (Å²) in [5.41, 5.74) is 0.697. The first-order valence-electron chi connectivity index (χ1n) is 5.83. The van der Waals surface area contributed by atoms with Crippen molar-refractivity contribution in [1.29, 1.82) is 0 Å². The molecule has 0 aromatic carbocycles. The molecule has 1 aromatic heterocycles. The summed E-state index contributed by atoms with van der Waals surface area (Å²) in [5.74, 6) is 5.09. The van der Waals surface area contributed by atoms with E-state index in [0.29, 0.717) is 12.8 Å². The second kappa shape index (κ2) is 4.86. The van der Waals surface area contributed by atoms with Gasteiger partial charge in [0.15, 0.2) is 0 Å². The monoisotopic (exact) mass is 276 g/mol. The highest BCUT2D eigenvalue weighted by molar-refractivity contribution is 5.50. The quantitative estimate of drug-likeness (QED) is 0.497. The molecule has 0 spiro atoms. The van der Waals surface area contributed by atoms with Crippen molar-refractivity contribution in [3.05, 3.63) is 17.7 Å². The van der Waals surface area contributed by atoms with Crippen molar-refractivity contribution in [3.63, 3.8) is 0 Å². The van der Waals surface area contributed by atoms with Gasteiger partial charge < -0.3 is 15.8 Å². The number of aliphatic hydroxyl groups excluding tert-OH is 1. The van der Waals surface area contributed by atoms with E-state index in [0.717, 1.165) is 18.6 Å². The maximum atomic E-state index is 12.7. The number of nitrogens with zero attached hydrogens (tertiary/aromatic N) is 1. The zero-order valence-corrected chi connectivity index (χ0v) is 10.1. The van der Waals surface area contributed by atoms with Gasteiger partial charge in [0.2, 0.25) is 0 Å². The molecule has 0 atom stereocenters. The molecule has 0 aliphatic heterocycles. The first-order chi connectivity index (χ1) is 8.88.